The quantitative estimate of drug-likeness (QED) is 0.392. The number of aryl methyl sites for hydroxylation is 1. The van der Waals surface area contributed by atoms with E-state index in [1.54, 1.807) is 19.1 Å². The summed E-state index contributed by atoms with van der Waals surface area (Å²) >= 11 is 3.12. The number of hydrogen-bond donors (Lipinski definition) is 2. The first-order valence-corrected chi connectivity index (χ1v) is 8.86. The molecule has 0 spiro atoms. The third kappa shape index (κ3) is 5.52. The summed E-state index contributed by atoms with van der Waals surface area (Å²) in [7, 11) is 0. The van der Waals surface area contributed by atoms with Crippen molar-refractivity contribution in [2.45, 2.75) is 26.4 Å². The molecule has 0 saturated heterocycles. The van der Waals surface area contributed by atoms with Gasteiger partial charge in [-0.1, -0.05) is 35.0 Å². The molecular weight excluding hydrogens is 418 g/mol. The van der Waals surface area contributed by atoms with Crippen LogP contribution in [-0.4, -0.2) is 28.3 Å². The third-order valence-corrected chi connectivity index (χ3v) is 4.13. The predicted octanol–water partition coefficient (Wildman–Crippen LogP) is 3.54. The summed E-state index contributed by atoms with van der Waals surface area (Å²) in [6.07, 6.45) is 1.22. The van der Waals surface area contributed by atoms with Crippen LogP contribution in [0.5, 0.6) is 11.5 Å². The Morgan fingerprint density at radius 1 is 1.41 bits per heavy atom. The Hall–Kier alpha value is -2.94. The first kappa shape index (κ1) is 20.4. The molecule has 2 rings (SSSR count). The number of amides is 1. The van der Waals surface area contributed by atoms with E-state index in [-0.39, 0.29) is 5.56 Å². The average Bonchev–Trinajstić information content (AvgIpc) is 2.64. The summed E-state index contributed by atoms with van der Waals surface area (Å²) in [5.74, 6) is -0.490. The summed E-state index contributed by atoms with van der Waals surface area (Å²) in [5.41, 5.74) is 3.05. The number of hydrogen-bond acceptors (Lipinski definition) is 6. The van der Waals surface area contributed by atoms with Gasteiger partial charge in [0.2, 0.25) is 5.75 Å². The van der Waals surface area contributed by atoms with E-state index in [0.717, 1.165) is 18.2 Å². The molecule has 1 unspecified atom stereocenters. The maximum Gasteiger partial charge on any atom is 0.312 e. The second-order valence-corrected chi connectivity index (χ2v) is 6.53. The number of nitrogens with one attached hydrogen (secondary N) is 1. The van der Waals surface area contributed by atoms with E-state index in [1.807, 2.05) is 19.1 Å². The molecule has 2 aromatic carbocycles. The van der Waals surface area contributed by atoms with Crippen LogP contribution < -0.4 is 10.2 Å². The van der Waals surface area contributed by atoms with E-state index in [1.165, 1.54) is 12.1 Å². The number of carbonyl (C=O) groups excluding carboxylic acids is 1. The van der Waals surface area contributed by atoms with Gasteiger partial charge in [0.25, 0.3) is 5.91 Å². The molecule has 9 heteroatoms. The number of phenols is 1. The zero-order chi connectivity index (χ0) is 20.0. The lowest BCUT2D eigenvalue weighted by Crippen LogP contribution is -2.33. The fourth-order valence-electron chi connectivity index (χ4n) is 2.16. The second-order valence-electron chi connectivity index (χ2n) is 5.61. The lowest BCUT2D eigenvalue weighted by Gasteiger charge is -2.13. The molecule has 0 fully saturated rings. The molecule has 1 amide bonds. The van der Waals surface area contributed by atoms with E-state index in [2.05, 4.69) is 26.5 Å². The number of halogens is 1. The van der Waals surface area contributed by atoms with Gasteiger partial charge in [-0.2, -0.15) is 5.10 Å². The summed E-state index contributed by atoms with van der Waals surface area (Å²) in [5, 5.41) is 24.5. The summed E-state index contributed by atoms with van der Waals surface area (Å²) < 4.78 is 5.94. The van der Waals surface area contributed by atoms with Crippen LogP contribution in [0, 0.1) is 10.1 Å². The molecule has 0 aliphatic rings. The Labute approximate surface area is 164 Å². The minimum atomic E-state index is -0.805. The van der Waals surface area contributed by atoms with Crippen LogP contribution in [-0.2, 0) is 11.2 Å². The van der Waals surface area contributed by atoms with Crippen molar-refractivity contribution in [1.29, 1.82) is 0 Å². The van der Waals surface area contributed by atoms with Crippen LogP contribution in [0.2, 0.25) is 0 Å². The fraction of sp³-hybridized carbons (Fsp3) is 0.222. The van der Waals surface area contributed by atoms with Crippen LogP contribution in [0.4, 0.5) is 5.69 Å². The molecule has 0 aliphatic heterocycles. The minimum absolute atomic E-state index is 0.0834. The molecule has 0 radical (unpaired) electrons. The van der Waals surface area contributed by atoms with Crippen LogP contribution in [0.1, 0.15) is 25.0 Å². The maximum atomic E-state index is 12.1. The molecule has 0 aromatic heterocycles. The number of rotatable bonds is 7. The van der Waals surface area contributed by atoms with Crippen molar-refractivity contribution in [3.8, 4) is 11.5 Å². The molecular formula is C18H18BrN3O5. The van der Waals surface area contributed by atoms with Crippen LogP contribution >= 0.6 is 15.9 Å². The number of aromatic hydroxyl groups is 1. The number of ether oxygens (including phenoxy) is 1. The Morgan fingerprint density at radius 2 is 2.07 bits per heavy atom. The topological polar surface area (TPSA) is 114 Å². The largest absolute Gasteiger partial charge is 0.502 e. The van der Waals surface area contributed by atoms with Gasteiger partial charge in [-0.25, -0.2) is 5.43 Å². The molecule has 8 nitrogen and oxygen atoms in total. The fourth-order valence-corrected chi connectivity index (χ4v) is 2.62. The average molecular weight is 436 g/mol. The summed E-state index contributed by atoms with van der Waals surface area (Å²) in [6, 6.07) is 10.0. The molecule has 142 valence electrons. The number of carbonyl (C=O) groups is 1. The Bertz CT molecular complexity index is 868. The van der Waals surface area contributed by atoms with E-state index in [4.69, 9.17) is 4.74 Å². The van der Waals surface area contributed by atoms with E-state index in [0.29, 0.717) is 10.2 Å². The number of nitrogens with zero attached hydrogens (tertiary/aromatic N) is 2. The van der Waals surface area contributed by atoms with Gasteiger partial charge >= 0.3 is 5.69 Å². The molecule has 27 heavy (non-hydrogen) atoms. The Morgan fingerprint density at radius 3 is 2.67 bits per heavy atom. The van der Waals surface area contributed by atoms with Gasteiger partial charge in [0, 0.05) is 16.1 Å². The lowest BCUT2D eigenvalue weighted by molar-refractivity contribution is -0.385. The van der Waals surface area contributed by atoms with Gasteiger partial charge in [-0.3, -0.25) is 14.9 Å². The van der Waals surface area contributed by atoms with Gasteiger partial charge in [0.1, 0.15) is 5.75 Å². The minimum Gasteiger partial charge on any atom is -0.502 e. The van der Waals surface area contributed by atoms with Gasteiger partial charge in [0.15, 0.2) is 6.10 Å². The van der Waals surface area contributed by atoms with Crippen molar-refractivity contribution in [3.63, 3.8) is 0 Å². The van der Waals surface area contributed by atoms with Crippen LogP contribution in [0.15, 0.2) is 46.0 Å². The highest BCUT2D eigenvalue weighted by molar-refractivity contribution is 9.10. The number of benzene rings is 2. The highest BCUT2D eigenvalue weighted by atomic mass is 79.9. The third-order valence-electron chi connectivity index (χ3n) is 3.67. The highest BCUT2D eigenvalue weighted by Gasteiger charge is 2.18. The Kier molecular flexibility index (Phi) is 6.89. The van der Waals surface area contributed by atoms with E-state index in [9.17, 15) is 20.0 Å². The normalized spacial score (nSPS) is 12.0. The summed E-state index contributed by atoms with van der Waals surface area (Å²) in [4.78, 5) is 22.3. The van der Waals surface area contributed by atoms with E-state index < -0.39 is 28.4 Å². The van der Waals surface area contributed by atoms with Crippen molar-refractivity contribution in [3.05, 3.63) is 62.1 Å². The van der Waals surface area contributed by atoms with Crippen LogP contribution in [0.25, 0.3) is 0 Å². The maximum absolute atomic E-state index is 12.1. The number of nitro benzene ring substituents is 1. The molecule has 0 bridgehead atoms. The standard InChI is InChI=1S/C18H18BrN3O5/c1-3-12-4-6-15(7-5-12)27-11(2)18(24)21-20-10-13-8-14(19)9-16(17(13)23)22(25)26/h4-11,23H,3H2,1-2H3,(H,21,24)/b20-10+. The Balaban J connectivity index is 2.00. The van der Waals surface area contributed by atoms with Crippen molar-refractivity contribution in [1.82, 2.24) is 5.43 Å². The van der Waals surface area contributed by atoms with Gasteiger partial charge in [0.05, 0.1) is 11.1 Å². The molecule has 1 atom stereocenters. The molecule has 2 aromatic rings. The molecule has 2 N–H and O–H groups in total. The zero-order valence-electron chi connectivity index (χ0n) is 14.7. The van der Waals surface area contributed by atoms with Crippen LogP contribution in [0.3, 0.4) is 0 Å². The van der Waals surface area contributed by atoms with Crippen molar-refractivity contribution in [2.75, 3.05) is 0 Å². The summed E-state index contributed by atoms with van der Waals surface area (Å²) in [6.45, 7) is 3.61. The molecule has 0 heterocycles. The van der Waals surface area contributed by atoms with Gasteiger partial charge in [-0.15, -0.1) is 0 Å². The SMILES string of the molecule is CCc1ccc(OC(C)C(=O)N/N=C/c2cc(Br)cc([N+](=O)[O-])c2O)cc1. The molecule has 0 aliphatic carbocycles. The monoisotopic (exact) mass is 435 g/mol. The van der Waals surface area contributed by atoms with Gasteiger partial charge < -0.3 is 9.84 Å². The lowest BCUT2D eigenvalue weighted by atomic mass is 10.2. The first-order valence-electron chi connectivity index (χ1n) is 8.07. The second kappa shape index (κ2) is 9.13. The number of phenolic OH excluding ortho intramolecular Hbond substituents is 1. The van der Waals surface area contributed by atoms with Crippen molar-refractivity contribution in [2.24, 2.45) is 5.10 Å². The highest BCUT2D eigenvalue weighted by Crippen LogP contribution is 2.32. The number of hydrazone groups is 1. The van der Waals surface area contributed by atoms with E-state index >= 15 is 0 Å². The van der Waals surface area contributed by atoms with Crippen molar-refractivity contribution >= 4 is 33.7 Å². The van der Waals surface area contributed by atoms with Gasteiger partial charge in [-0.05, 0) is 37.1 Å². The smallest absolute Gasteiger partial charge is 0.312 e. The van der Waals surface area contributed by atoms with Crippen molar-refractivity contribution < 1.29 is 19.6 Å². The first-order chi connectivity index (χ1) is 12.8. The zero-order valence-corrected chi connectivity index (χ0v) is 16.3. The predicted molar refractivity (Wildman–Crippen MR) is 104 cm³/mol. The molecule has 0 saturated carbocycles. The number of nitro groups is 1.